The Kier molecular flexibility index (Phi) is 6.67. The minimum Gasteiger partial charge on any atom is -0.352 e. The van der Waals surface area contributed by atoms with Gasteiger partial charge in [0.05, 0.1) is 0 Å². The molecule has 1 aromatic carbocycles. The van der Waals surface area contributed by atoms with E-state index in [1.807, 2.05) is 12.1 Å². The van der Waals surface area contributed by atoms with Crippen molar-refractivity contribution in [3.8, 4) is 11.4 Å². The molecule has 6 nitrogen and oxygen atoms in total. The van der Waals surface area contributed by atoms with E-state index in [9.17, 15) is 4.79 Å². The molecule has 29 heavy (non-hydrogen) atoms. The van der Waals surface area contributed by atoms with Gasteiger partial charge in [-0.15, -0.1) is 0 Å². The fourth-order valence-corrected chi connectivity index (χ4v) is 4.84. The van der Waals surface area contributed by atoms with Crippen LogP contribution in [0.4, 0.5) is 0 Å². The lowest BCUT2D eigenvalue weighted by Gasteiger charge is -2.33. The largest absolute Gasteiger partial charge is 0.352 e. The van der Waals surface area contributed by atoms with Gasteiger partial charge in [-0.05, 0) is 68.1 Å². The normalized spacial score (nSPS) is 18.9. The first kappa shape index (κ1) is 20.6. The lowest BCUT2D eigenvalue weighted by Crippen LogP contribution is -2.46. The number of H-pyrrole nitrogens is 1. The fourth-order valence-electron chi connectivity index (χ4n) is 4.52. The summed E-state index contributed by atoms with van der Waals surface area (Å²) in [6.45, 7) is 3.54. The first-order valence-corrected chi connectivity index (χ1v) is 11.3. The van der Waals surface area contributed by atoms with E-state index in [4.69, 9.17) is 23.8 Å². The second-order valence-electron chi connectivity index (χ2n) is 8.24. The number of hydrogen-bond acceptors (Lipinski definition) is 4. The minimum absolute atomic E-state index is 0.0213. The number of likely N-dealkylation sites (tertiary alicyclic amines) is 1. The molecule has 8 heteroatoms. The number of benzene rings is 1. The van der Waals surface area contributed by atoms with Crippen LogP contribution in [-0.4, -0.2) is 51.2 Å². The molecule has 4 rings (SSSR count). The maximum absolute atomic E-state index is 12.7. The van der Waals surface area contributed by atoms with Crippen LogP contribution in [0, 0.1) is 10.7 Å². The Labute approximate surface area is 181 Å². The Hall–Kier alpha value is -1.70. The summed E-state index contributed by atoms with van der Waals surface area (Å²) in [5.74, 6) is 1.51. The molecule has 0 spiro atoms. The van der Waals surface area contributed by atoms with Gasteiger partial charge in [0, 0.05) is 36.3 Å². The lowest BCUT2D eigenvalue weighted by molar-refractivity contribution is -0.122. The number of aromatic nitrogens is 3. The number of piperidine rings is 1. The third kappa shape index (κ3) is 5.27. The highest BCUT2D eigenvalue weighted by molar-refractivity contribution is 7.71. The van der Waals surface area contributed by atoms with Crippen LogP contribution < -0.4 is 5.32 Å². The Morgan fingerprint density at radius 2 is 1.86 bits per heavy atom. The lowest BCUT2D eigenvalue weighted by atomic mass is 10.0. The zero-order valence-corrected chi connectivity index (χ0v) is 18.1. The third-order valence-corrected chi connectivity index (χ3v) is 6.67. The van der Waals surface area contributed by atoms with Crippen LogP contribution >= 0.6 is 23.8 Å². The van der Waals surface area contributed by atoms with E-state index in [1.54, 1.807) is 16.7 Å². The van der Waals surface area contributed by atoms with Gasteiger partial charge in [-0.3, -0.25) is 14.5 Å². The van der Waals surface area contributed by atoms with Crippen molar-refractivity contribution in [2.75, 3.05) is 19.6 Å². The summed E-state index contributed by atoms with van der Waals surface area (Å²) >= 11 is 11.3. The average molecular weight is 434 g/mol. The van der Waals surface area contributed by atoms with E-state index < -0.39 is 0 Å². The van der Waals surface area contributed by atoms with E-state index in [-0.39, 0.29) is 18.5 Å². The van der Waals surface area contributed by atoms with Gasteiger partial charge in [0.2, 0.25) is 5.91 Å². The number of amides is 1. The molecule has 1 aliphatic carbocycles. The molecule has 2 N–H and O–H groups in total. The van der Waals surface area contributed by atoms with Crippen LogP contribution in [0.15, 0.2) is 24.3 Å². The SMILES string of the molecule is O=C(Cn1c(-c2ccc(Cl)cc2)n[nH]c1=S)NC1CCN(CC2CCCC2)CC1. The van der Waals surface area contributed by atoms with Crippen molar-refractivity contribution in [2.24, 2.45) is 5.92 Å². The van der Waals surface area contributed by atoms with E-state index in [1.165, 1.54) is 32.2 Å². The highest BCUT2D eigenvalue weighted by atomic mass is 35.5. The Morgan fingerprint density at radius 1 is 1.17 bits per heavy atom. The number of nitrogens with one attached hydrogen (secondary N) is 2. The van der Waals surface area contributed by atoms with Crippen LogP contribution in [0.1, 0.15) is 38.5 Å². The predicted molar refractivity (Wildman–Crippen MR) is 117 cm³/mol. The molecule has 2 fully saturated rings. The summed E-state index contributed by atoms with van der Waals surface area (Å²) in [5.41, 5.74) is 0.870. The van der Waals surface area contributed by atoms with Crippen molar-refractivity contribution < 1.29 is 4.79 Å². The summed E-state index contributed by atoms with van der Waals surface area (Å²) in [5, 5.41) is 10.9. The van der Waals surface area contributed by atoms with Crippen molar-refractivity contribution in [1.82, 2.24) is 25.0 Å². The van der Waals surface area contributed by atoms with Gasteiger partial charge < -0.3 is 10.2 Å². The summed E-state index contributed by atoms with van der Waals surface area (Å²) in [6.07, 6.45) is 7.59. The Morgan fingerprint density at radius 3 is 2.55 bits per heavy atom. The van der Waals surface area contributed by atoms with Gasteiger partial charge in [-0.25, -0.2) is 0 Å². The first-order valence-electron chi connectivity index (χ1n) is 10.5. The van der Waals surface area contributed by atoms with Gasteiger partial charge in [0.15, 0.2) is 10.6 Å². The van der Waals surface area contributed by atoms with Crippen molar-refractivity contribution in [3.05, 3.63) is 34.1 Å². The summed E-state index contributed by atoms with van der Waals surface area (Å²) in [7, 11) is 0. The monoisotopic (exact) mass is 433 g/mol. The molecule has 2 aromatic rings. The van der Waals surface area contributed by atoms with E-state index >= 15 is 0 Å². The van der Waals surface area contributed by atoms with Crippen molar-refractivity contribution >= 4 is 29.7 Å². The molecule has 1 saturated heterocycles. The van der Waals surface area contributed by atoms with Crippen molar-refractivity contribution in [2.45, 2.75) is 51.1 Å². The zero-order chi connectivity index (χ0) is 20.2. The van der Waals surface area contributed by atoms with E-state index in [2.05, 4.69) is 20.4 Å². The zero-order valence-electron chi connectivity index (χ0n) is 16.6. The van der Waals surface area contributed by atoms with Crippen molar-refractivity contribution in [3.63, 3.8) is 0 Å². The Balaban J connectivity index is 1.31. The second-order valence-corrected chi connectivity index (χ2v) is 9.06. The average Bonchev–Trinajstić information content (AvgIpc) is 3.35. The van der Waals surface area contributed by atoms with Gasteiger partial charge in [0.1, 0.15) is 6.54 Å². The number of hydrogen-bond donors (Lipinski definition) is 2. The van der Waals surface area contributed by atoms with Crippen molar-refractivity contribution in [1.29, 1.82) is 0 Å². The molecule has 1 aliphatic heterocycles. The highest BCUT2D eigenvalue weighted by Gasteiger charge is 2.24. The molecule has 2 heterocycles. The summed E-state index contributed by atoms with van der Waals surface area (Å²) in [6, 6.07) is 7.60. The summed E-state index contributed by atoms with van der Waals surface area (Å²) in [4.78, 5) is 15.2. The third-order valence-electron chi connectivity index (χ3n) is 6.11. The molecule has 2 aliphatic rings. The van der Waals surface area contributed by atoms with Crippen LogP contribution in [0.25, 0.3) is 11.4 Å². The maximum Gasteiger partial charge on any atom is 0.240 e. The number of carbonyl (C=O) groups excluding carboxylic acids is 1. The minimum atomic E-state index is -0.0213. The van der Waals surface area contributed by atoms with E-state index in [0.29, 0.717) is 15.6 Å². The van der Waals surface area contributed by atoms with Gasteiger partial charge in [-0.1, -0.05) is 24.4 Å². The molecule has 0 radical (unpaired) electrons. The molecule has 0 bridgehead atoms. The van der Waals surface area contributed by atoms with Gasteiger partial charge in [0.25, 0.3) is 0 Å². The number of rotatable bonds is 6. The second kappa shape index (κ2) is 9.41. The molecule has 1 aromatic heterocycles. The maximum atomic E-state index is 12.7. The van der Waals surface area contributed by atoms with Crippen LogP contribution in [0.2, 0.25) is 5.02 Å². The summed E-state index contributed by atoms with van der Waals surface area (Å²) < 4.78 is 2.18. The number of nitrogens with zero attached hydrogens (tertiary/aromatic N) is 3. The molecular formula is C21H28ClN5OS. The van der Waals surface area contributed by atoms with Gasteiger partial charge >= 0.3 is 0 Å². The highest BCUT2D eigenvalue weighted by Crippen LogP contribution is 2.26. The predicted octanol–water partition coefficient (Wildman–Crippen LogP) is 4.03. The fraction of sp³-hybridized carbons (Fsp3) is 0.571. The molecule has 1 saturated carbocycles. The topological polar surface area (TPSA) is 66.0 Å². The number of aromatic amines is 1. The number of halogens is 1. The van der Waals surface area contributed by atoms with Crippen LogP contribution in [0.5, 0.6) is 0 Å². The molecule has 156 valence electrons. The first-order chi connectivity index (χ1) is 14.1. The van der Waals surface area contributed by atoms with Crippen LogP contribution in [-0.2, 0) is 11.3 Å². The molecular weight excluding hydrogens is 406 g/mol. The molecule has 0 unspecified atom stereocenters. The Bertz CT molecular complexity index is 879. The van der Waals surface area contributed by atoms with Gasteiger partial charge in [-0.2, -0.15) is 5.10 Å². The number of carbonyl (C=O) groups is 1. The smallest absolute Gasteiger partial charge is 0.240 e. The van der Waals surface area contributed by atoms with E-state index in [0.717, 1.165) is 37.4 Å². The quantitative estimate of drug-likeness (QED) is 0.675. The standard InChI is InChI=1S/C21H28ClN5OS/c22-17-7-5-16(6-8-17)20-24-25-21(29)27(20)14-19(28)23-18-9-11-26(12-10-18)13-15-3-1-2-4-15/h5-8,15,18H,1-4,9-14H2,(H,23,28)(H,25,29). The molecule has 0 atom stereocenters. The molecule has 1 amide bonds. The van der Waals surface area contributed by atoms with Crippen LogP contribution in [0.3, 0.4) is 0 Å².